The molecule has 2 aromatic rings. The first-order chi connectivity index (χ1) is 14.5. The van der Waals surface area contributed by atoms with E-state index in [1.54, 1.807) is 17.0 Å². The molecule has 0 bridgehead atoms. The van der Waals surface area contributed by atoms with Gasteiger partial charge in [0.15, 0.2) is 0 Å². The van der Waals surface area contributed by atoms with Gasteiger partial charge in [-0.2, -0.15) is 0 Å². The second-order valence-corrected chi connectivity index (χ2v) is 7.70. The molecule has 1 aliphatic rings. The highest BCUT2D eigenvalue weighted by molar-refractivity contribution is 5.96. The molecule has 1 fully saturated rings. The Morgan fingerprint density at radius 1 is 1.13 bits per heavy atom. The summed E-state index contributed by atoms with van der Waals surface area (Å²) in [6.07, 6.45) is 4.66. The van der Waals surface area contributed by atoms with E-state index in [1.165, 1.54) is 12.1 Å². The molecule has 1 saturated heterocycles. The summed E-state index contributed by atoms with van der Waals surface area (Å²) >= 11 is 0. The van der Waals surface area contributed by atoms with Crippen molar-refractivity contribution in [3.8, 4) is 5.75 Å². The summed E-state index contributed by atoms with van der Waals surface area (Å²) in [5.41, 5.74) is 1.88. The van der Waals surface area contributed by atoms with Gasteiger partial charge in [-0.3, -0.25) is 4.79 Å². The molecule has 1 unspecified atom stereocenters. The molecule has 0 radical (unpaired) electrons. The van der Waals surface area contributed by atoms with Crippen LogP contribution in [0.25, 0.3) is 0 Å². The summed E-state index contributed by atoms with van der Waals surface area (Å²) in [5, 5.41) is 19.3. The van der Waals surface area contributed by atoms with Gasteiger partial charge in [-0.15, -0.1) is 0 Å². The molecule has 0 aliphatic carbocycles. The lowest BCUT2D eigenvalue weighted by Gasteiger charge is -2.25. The summed E-state index contributed by atoms with van der Waals surface area (Å²) in [7, 11) is 0. The van der Waals surface area contributed by atoms with Gasteiger partial charge in [0.1, 0.15) is 12.4 Å². The van der Waals surface area contributed by atoms with E-state index in [0.29, 0.717) is 25.2 Å². The van der Waals surface area contributed by atoms with Crippen molar-refractivity contribution in [2.24, 2.45) is 0 Å². The fraction of sp³-hybridized carbons (Fsp3) is 0.417. The zero-order chi connectivity index (χ0) is 21.5. The van der Waals surface area contributed by atoms with Crippen LogP contribution in [0, 0.1) is 0 Å². The molecule has 6 nitrogen and oxygen atoms in total. The maximum absolute atomic E-state index is 12.5. The first kappa shape index (κ1) is 21.8. The number of ether oxygens (including phenoxy) is 1. The Kier molecular flexibility index (Phi) is 7.46. The molecular weight excluding hydrogens is 382 g/mol. The van der Waals surface area contributed by atoms with Crippen LogP contribution in [0.4, 0.5) is 5.69 Å². The number of benzene rings is 2. The van der Waals surface area contributed by atoms with Gasteiger partial charge < -0.3 is 19.8 Å². The van der Waals surface area contributed by atoms with Crippen molar-refractivity contribution in [1.29, 1.82) is 0 Å². The molecule has 1 heterocycles. The lowest BCUT2D eigenvalue weighted by Crippen LogP contribution is -2.37. The molecule has 6 heteroatoms. The molecule has 0 aromatic heterocycles. The maximum atomic E-state index is 12.5. The molecule has 0 spiro atoms. The quantitative estimate of drug-likeness (QED) is 0.559. The van der Waals surface area contributed by atoms with Gasteiger partial charge in [-0.25, -0.2) is 4.79 Å². The van der Waals surface area contributed by atoms with Crippen LogP contribution in [-0.2, 0) is 4.79 Å². The number of nitrogens with zero attached hydrogens (tertiary/aromatic N) is 1. The number of aliphatic hydroxyl groups is 1. The number of carboxylic acid groups (broad SMARTS) is 1. The molecule has 2 aromatic carbocycles. The van der Waals surface area contributed by atoms with E-state index in [-0.39, 0.29) is 17.5 Å². The fourth-order valence-corrected chi connectivity index (χ4v) is 3.75. The van der Waals surface area contributed by atoms with Crippen molar-refractivity contribution in [2.45, 2.75) is 57.6 Å². The average Bonchev–Trinajstić information content (AvgIpc) is 3.13. The Hall–Kier alpha value is -2.86. The molecule has 160 valence electrons. The standard InChI is InChI=1S/C24H29NO5/c1-2-3-4-5-22(26)17-6-10-19(11-7-17)25-20(12-15-23(25)27)16-30-21-13-8-18(9-14-21)24(28)29/h6-11,13-14,20,22,26H,2-5,12,15-16H2,1H3,(H,28,29)/t20-,22?/m0/s1. The lowest BCUT2D eigenvalue weighted by molar-refractivity contribution is -0.117. The van der Waals surface area contributed by atoms with Crippen LogP contribution in [0.3, 0.4) is 0 Å². The number of hydrogen-bond donors (Lipinski definition) is 2. The minimum absolute atomic E-state index is 0.0565. The molecular formula is C24H29NO5. The number of aliphatic hydroxyl groups excluding tert-OH is 1. The predicted octanol–water partition coefficient (Wildman–Crippen LogP) is 4.57. The number of amides is 1. The van der Waals surface area contributed by atoms with E-state index in [9.17, 15) is 14.7 Å². The van der Waals surface area contributed by atoms with E-state index in [2.05, 4.69) is 6.92 Å². The van der Waals surface area contributed by atoms with Gasteiger partial charge in [-0.05, 0) is 54.8 Å². The molecule has 3 rings (SSSR count). The lowest BCUT2D eigenvalue weighted by atomic mass is 10.0. The van der Waals surface area contributed by atoms with Gasteiger partial charge >= 0.3 is 5.97 Å². The minimum atomic E-state index is -0.979. The molecule has 1 amide bonds. The third-order valence-electron chi connectivity index (χ3n) is 5.51. The van der Waals surface area contributed by atoms with Gasteiger partial charge in [0.05, 0.1) is 17.7 Å². The van der Waals surface area contributed by atoms with Crippen LogP contribution < -0.4 is 9.64 Å². The van der Waals surface area contributed by atoms with Gasteiger partial charge in [0, 0.05) is 12.1 Å². The molecule has 2 atom stereocenters. The number of hydrogen-bond acceptors (Lipinski definition) is 4. The van der Waals surface area contributed by atoms with Crippen LogP contribution >= 0.6 is 0 Å². The largest absolute Gasteiger partial charge is 0.491 e. The van der Waals surface area contributed by atoms with Crippen LogP contribution in [0.2, 0.25) is 0 Å². The molecule has 30 heavy (non-hydrogen) atoms. The Morgan fingerprint density at radius 3 is 2.47 bits per heavy atom. The van der Waals surface area contributed by atoms with E-state index < -0.39 is 12.1 Å². The van der Waals surface area contributed by atoms with Gasteiger partial charge in [0.25, 0.3) is 0 Å². The monoisotopic (exact) mass is 411 g/mol. The van der Waals surface area contributed by atoms with E-state index >= 15 is 0 Å². The zero-order valence-electron chi connectivity index (χ0n) is 17.3. The van der Waals surface area contributed by atoms with Crippen molar-refractivity contribution in [3.63, 3.8) is 0 Å². The zero-order valence-corrected chi connectivity index (χ0v) is 17.3. The second-order valence-electron chi connectivity index (χ2n) is 7.70. The topological polar surface area (TPSA) is 87.1 Å². The van der Waals surface area contributed by atoms with Gasteiger partial charge in [0.2, 0.25) is 5.91 Å². The summed E-state index contributed by atoms with van der Waals surface area (Å²) in [6.45, 7) is 2.47. The number of carbonyl (C=O) groups excluding carboxylic acids is 1. The van der Waals surface area contributed by atoms with E-state index in [4.69, 9.17) is 9.84 Å². The first-order valence-corrected chi connectivity index (χ1v) is 10.6. The predicted molar refractivity (Wildman–Crippen MR) is 115 cm³/mol. The van der Waals surface area contributed by atoms with Crippen molar-refractivity contribution >= 4 is 17.6 Å². The highest BCUT2D eigenvalue weighted by Crippen LogP contribution is 2.29. The fourth-order valence-electron chi connectivity index (χ4n) is 3.75. The third kappa shape index (κ3) is 5.39. The van der Waals surface area contributed by atoms with Gasteiger partial charge in [-0.1, -0.05) is 38.3 Å². The SMILES string of the molecule is CCCCCC(O)c1ccc(N2C(=O)CC[C@H]2COc2ccc(C(=O)O)cc2)cc1. The maximum Gasteiger partial charge on any atom is 0.335 e. The molecule has 1 aliphatic heterocycles. The van der Waals surface area contributed by atoms with Crippen molar-refractivity contribution in [3.05, 3.63) is 59.7 Å². The van der Waals surface area contributed by atoms with Crippen LogP contribution in [0.15, 0.2) is 48.5 Å². The van der Waals surface area contributed by atoms with Crippen molar-refractivity contribution in [2.75, 3.05) is 11.5 Å². The number of aromatic carboxylic acids is 1. The van der Waals surface area contributed by atoms with Crippen molar-refractivity contribution in [1.82, 2.24) is 0 Å². The summed E-state index contributed by atoms with van der Waals surface area (Å²) in [4.78, 5) is 25.2. The second kappa shape index (κ2) is 10.3. The van der Waals surface area contributed by atoms with Crippen LogP contribution in [-0.4, -0.2) is 34.7 Å². The normalized spacial score (nSPS) is 17.2. The Bertz CT molecular complexity index is 847. The Balaban J connectivity index is 1.62. The van der Waals surface area contributed by atoms with E-state index in [0.717, 1.165) is 36.9 Å². The average molecular weight is 411 g/mol. The Morgan fingerprint density at radius 2 is 1.83 bits per heavy atom. The van der Waals surface area contributed by atoms with Crippen molar-refractivity contribution < 1.29 is 24.5 Å². The van der Waals surface area contributed by atoms with Crippen LogP contribution in [0.1, 0.15) is 67.5 Å². The third-order valence-corrected chi connectivity index (χ3v) is 5.51. The number of rotatable bonds is 10. The number of anilines is 1. The molecule has 0 saturated carbocycles. The summed E-state index contributed by atoms with van der Waals surface area (Å²) < 4.78 is 5.81. The summed E-state index contributed by atoms with van der Waals surface area (Å²) in [6, 6.07) is 13.7. The highest BCUT2D eigenvalue weighted by atomic mass is 16.5. The Labute approximate surface area is 177 Å². The number of carboxylic acids is 1. The smallest absolute Gasteiger partial charge is 0.335 e. The van der Waals surface area contributed by atoms with E-state index in [1.807, 2.05) is 24.3 Å². The summed E-state index contributed by atoms with van der Waals surface area (Å²) in [5.74, 6) is -0.348. The molecule has 2 N–H and O–H groups in total. The highest BCUT2D eigenvalue weighted by Gasteiger charge is 2.32. The first-order valence-electron chi connectivity index (χ1n) is 10.6. The number of carbonyl (C=O) groups is 2. The van der Waals surface area contributed by atoms with Crippen LogP contribution in [0.5, 0.6) is 5.75 Å². The number of unbranched alkanes of at least 4 members (excludes halogenated alkanes) is 2. The minimum Gasteiger partial charge on any atom is -0.491 e.